The SMILES string of the molecule is COC(=O)C(C)c1ccc(N2CCNC(C)(C)C2)nc1. The molecular weight excluding hydrogens is 254 g/mol. The smallest absolute Gasteiger partial charge is 0.312 e. The monoisotopic (exact) mass is 277 g/mol. The minimum Gasteiger partial charge on any atom is -0.469 e. The van der Waals surface area contributed by atoms with Gasteiger partial charge in [0.25, 0.3) is 0 Å². The fourth-order valence-electron chi connectivity index (χ4n) is 2.49. The van der Waals surface area contributed by atoms with Crippen LogP contribution in [-0.4, -0.2) is 43.2 Å². The number of ether oxygens (including phenoxy) is 1. The second-order valence-electron chi connectivity index (χ2n) is 5.93. The molecule has 1 unspecified atom stereocenters. The zero-order chi connectivity index (χ0) is 14.8. The maximum atomic E-state index is 11.5. The molecule has 5 heteroatoms. The molecule has 0 aromatic carbocycles. The van der Waals surface area contributed by atoms with Gasteiger partial charge in [0.05, 0.1) is 13.0 Å². The Morgan fingerprint density at radius 1 is 1.50 bits per heavy atom. The molecule has 1 N–H and O–H groups in total. The summed E-state index contributed by atoms with van der Waals surface area (Å²) in [6, 6.07) is 3.94. The van der Waals surface area contributed by atoms with Crippen LogP contribution >= 0.6 is 0 Å². The summed E-state index contributed by atoms with van der Waals surface area (Å²) in [6.07, 6.45) is 1.77. The molecule has 5 nitrogen and oxygen atoms in total. The molecule has 1 aromatic heterocycles. The average Bonchev–Trinajstić information content (AvgIpc) is 2.45. The summed E-state index contributed by atoms with van der Waals surface area (Å²) in [7, 11) is 1.41. The highest BCUT2D eigenvalue weighted by Crippen LogP contribution is 2.21. The van der Waals surface area contributed by atoms with E-state index >= 15 is 0 Å². The number of nitrogens with one attached hydrogen (secondary N) is 1. The number of nitrogens with zero attached hydrogens (tertiary/aromatic N) is 2. The van der Waals surface area contributed by atoms with Gasteiger partial charge in [-0.25, -0.2) is 4.98 Å². The summed E-state index contributed by atoms with van der Waals surface area (Å²) in [4.78, 5) is 18.3. The van der Waals surface area contributed by atoms with Crippen molar-refractivity contribution < 1.29 is 9.53 Å². The van der Waals surface area contributed by atoms with E-state index in [-0.39, 0.29) is 17.4 Å². The summed E-state index contributed by atoms with van der Waals surface area (Å²) in [5.41, 5.74) is 0.979. The molecule has 0 amide bonds. The van der Waals surface area contributed by atoms with Crippen LogP contribution in [0.25, 0.3) is 0 Å². The molecule has 0 radical (unpaired) electrons. The van der Waals surface area contributed by atoms with Crippen molar-refractivity contribution in [1.82, 2.24) is 10.3 Å². The number of hydrogen-bond acceptors (Lipinski definition) is 5. The van der Waals surface area contributed by atoms with Crippen molar-refractivity contribution in [1.29, 1.82) is 0 Å². The molecule has 2 rings (SSSR count). The average molecular weight is 277 g/mol. The number of anilines is 1. The minimum absolute atomic E-state index is 0.0951. The van der Waals surface area contributed by atoms with Crippen LogP contribution in [-0.2, 0) is 9.53 Å². The first-order valence-electron chi connectivity index (χ1n) is 6.97. The molecule has 0 aliphatic carbocycles. The van der Waals surface area contributed by atoms with Gasteiger partial charge < -0.3 is 15.0 Å². The van der Waals surface area contributed by atoms with E-state index in [0.717, 1.165) is 31.0 Å². The van der Waals surface area contributed by atoms with E-state index < -0.39 is 0 Å². The van der Waals surface area contributed by atoms with E-state index in [0.29, 0.717) is 0 Å². The Labute approximate surface area is 120 Å². The van der Waals surface area contributed by atoms with Crippen LogP contribution in [0.4, 0.5) is 5.82 Å². The second kappa shape index (κ2) is 5.79. The van der Waals surface area contributed by atoms with Gasteiger partial charge in [0.2, 0.25) is 0 Å². The van der Waals surface area contributed by atoms with Gasteiger partial charge >= 0.3 is 5.97 Å². The summed E-state index contributed by atoms with van der Waals surface area (Å²) in [6.45, 7) is 9.03. The first-order valence-corrected chi connectivity index (χ1v) is 6.97. The maximum absolute atomic E-state index is 11.5. The molecule has 1 saturated heterocycles. The first kappa shape index (κ1) is 14.8. The highest BCUT2D eigenvalue weighted by molar-refractivity contribution is 5.77. The molecule has 1 aliphatic heterocycles. The first-order chi connectivity index (χ1) is 9.43. The van der Waals surface area contributed by atoms with Crippen molar-refractivity contribution in [2.24, 2.45) is 0 Å². The lowest BCUT2D eigenvalue weighted by Gasteiger charge is -2.39. The zero-order valence-corrected chi connectivity index (χ0v) is 12.6. The zero-order valence-electron chi connectivity index (χ0n) is 12.6. The second-order valence-corrected chi connectivity index (χ2v) is 5.93. The number of rotatable bonds is 3. The number of aromatic nitrogens is 1. The van der Waals surface area contributed by atoms with Crippen LogP contribution in [0.3, 0.4) is 0 Å². The van der Waals surface area contributed by atoms with E-state index in [1.807, 2.05) is 19.1 Å². The van der Waals surface area contributed by atoms with Gasteiger partial charge in [-0.15, -0.1) is 0 Å². The summed E-state index contributed by atoms with van der Waals surface area (Å²) < 4.78 is 4.75. The molecule has 110 valence electrons. The predicted molar refractivity (Wildman–Crippen MR) is 79.0 cm³/mol. The van der Waals surface area contributed by atoms with Gasteiger partial charge in [0, 0.05) is 31.4 Å². The third kappa shape index (κ3) is 3.28. The molecule has 1 fully saturated rings. The molecule has 2 heterocycles. The van der Waals surface area contributed by atoms with Gasteiger partial charge in [0.15, 0.2) is 0 Å². The Hall–Kier alpha value is -1.62. The largest absolute Gasteiger partial charge is 0.469 e. The van der Waals surface area contributed by atoms with Gasteiger partial charge in [-0.2, -0.15) is 0 Å². The fraction of sp³-hybridized carbons (Fsp3) is 0.600. The summed E-state index contributed by atoms with van der Waals surface area (Å²) >= 11 is 0. The molecule has 1 aliphatic rings. The van der Waals surface area contributed by atoms with E-state index in [1.54, 1.807) is 6.20 Å². The van der Waals surface area contributed by atoms with Crippen molar-refractivity contribution in [3.05, 3.63) is 23.9 Å². The summed E-state index contributed by atoms with van der Waals surface area (Å²) in [5, 5.41) is 3.48. The molecule has 20 heavy (non-hydrogen) atoms. The maximum Gasteiger partial charge on any atom is 0.312 e. The van der Waals surface area contributed by atoms with Crippen molar-refractivity contribution in [2.75, 3.05) is 31.6 Å². The third-order valence-corrected chi connectivity index (χ3v) is 3.72. The molecular formula is C15H23N3O2. The normalized spacial score (nSPS) is 19.5. The van der Waals surface area contributed by atoms with Crippen LogP contribution in [0.5, 0.6) is 0 Å². The lowest BCUT2D eigenvalue weighted by atomic mass is 10.0. The molecule has 1 atom stereocenters. The number of esters is 1. The Bertz CT molecular complexity index is 471. The van der Waals surface area contributed by atoms with Gasteiger partial charge in [-0.1, -0.05) is 6.07 Å². The van der Waals surface area contributed by atoms with E-state index in [2.05, 4.69) is 29.0 Å². The van der Waals surface area contributed by atoms with Crippen molar-refractivity contribution >= 4 is 11.8 Å². The van der Waals surface area contributed by atoms with Crippen molar-refractivity contribution in [3.8, 4) is 0 Å². The van der Waals surface area contributed by atoms with Gasteiger partial charge in [-0.05, 0) is 32.4 Å². The number of pyridine rings is 1. The highest BCUT2D eigenvalue weighted by atomic mass is 16.5. The predicted octanol–water partition coefficient (Wildman–Crippen LogP) is 1.55. The number of hydrogen-bond donors (Lipinski definition) is 1. The highest BCUT2D eigenvalue weighted by Gasteiger charge is 2.26. The standard InChI is InChI=1S/C15H23N3O2/c1-11(14(19)20-4)12-5-6-13(16-9-12)18-8-7-17-15(2,3)10-18/h5-6,9,11,17H,7-8,10H2,1-4H3. The molecule has 0 bridgehead atoms. The molecule has 0 saturated carbocycles. The topological polar surface area (TPSA) is 54.5 Å². The van der Waals surface area contributed by atoms with E-state index in [9.17, 15) is 4.79 Å². The van der Waals surface area contributed by atoms with Crippen molar-refractivity contribution in [3.63, 3.8) is 0 Å². The summed E-state index contributed by atoms with van der Waals surface area (Å²) in [5.74, 6) is 0.448. The van der Waals surface area contributed by atoms with Crippen molar-refractivity contribution in [2.45, 2.75) is 32.2 Å². The van der Waals surface area contributed by atoms with Crippen LogP contribution in [0.1, 0.15) is 32.3 Å². The quantitative estimate of drug-likeness (QED) is 0.850. The van der Waals surface area contributed by atoms with Crippen LogP contribution < -0.4 is 10.2 Å². The van der Waals surface area contributed by atoms with Crippen LogP contribution in [0.15, 0.2) is 18.3 Å². The fourth-order valence-corrected chi connectivity index (χ4v) is 2.49. The molecule has 1 aromatic rings. The lowest BCUT2D eigenvalue weighted by Crippen LogP contribution is -2.57. The number of piperazine rings is 1. The van der Waals surface area contributed by atoms with E-state index in [4.69, 9.17) is 4.74 Å². The Morgan fingerprint density at radius 3 is 2.80 bits per heavy atom. The van der Waals surface area contributed by atoms with Gasteiger partial charge in [-0.3, -0.25) is 4.79 Å². The Balaban J connectivity index is 2.10. The minimum atomic E-state index is -0.277. The number of carbonyl (C=O) groups is 1. The number of carbonyl (C=O) groups excluding carboxylic acids is 1. The van der Waals surface area contributed by atoms with E-state index in [1.165, 1.54) is 7.11 Å². The van der Waals surface area contributed by atoms with Gasteiger partial charge in [0.1, 0.15) is 5.82 Å². The third-order valence-electron chi connectivity index (χ3n) is 3.72. The Kier molecular flexibility index (Phi) is 4.28. The lowest BCUT2D eigenvalue weighted by molar-refractivity contribution is -0.142. The van der Waals surface area contributed by atoms with Crippen LogP contribution in [0, 0.1) is 0 Å². The molecule has 0 spiro atoms. The Morgan fingerprint density at radius 2 is 2.25 bits per heavy atom. The van der Waals surface area contributed by atoms with Crippen LogP contribution in [0.2, 0.25) is 0 Å². The number of methoxy groups -OCH3 is 1.